The molecule has 2 aliphatic heterocycles. The predicted molar refractivity (Wildman–Crippen MR) is 135 cm³/mol. The minimum atomic E-state index is -3.52. The van der Waals surface area contributed by atoms with Gasteiger partial charge >= 0.3 is 0 Å². The Labute approximate surface area is 208 Å². The minimum Gasteiger partial charge on any atom is -0.307 e. The first-order valence-electron chi connectivity index (χ1n) is 12.0. The summed E-state index contributed by atoms with van der Waals surface area (Å²) in [4.78, 5) is 15.6. The number of sulfonamides is 1. The number of carbonyl (C=O) groups is 1. The molecule has 1 amide bonds. The third kappa shape index (κ3) is 3.72. The fourth-order valence-corrected chi connectivity index (χ4v) is 9.32. The molecule has 8 heteroatoms. The van der Waals surface area contributed by atoms with E-state index in [1.165, 1.54) is 42.6 Å². The van der Waals surface area contributed by atoms with E-state index in [1.807, 2.05) is 17.0 Å². The average molecular weight is 550 g/mol. The van der Waals surface area contributed by atoms with E-state index >= 15 is 0 Å². The Kier molecular flexibility index (Phi) is 5.33. The first-order chi connectivity index (χ1) is 15.8. The second kappa shape index (κ2) is 7.90. The summed E-state index contributed by atoms with van der Waals surface area (Å²) in [6.45, 7) is 1.83. The molecule has 1 saturated heterocycles. The van der Waals surface area contributed by atoms with Crippen molar-refractivity contribution in [1.82, 2.24) is 4.31 Å². The molecule has 2 saturated carbocycles. The maximum Gasteiger partial charge on any atom is 0.259 e. The van der Waals surface area contributed by atoms with Crippen LogP contribution < -0.4 is 4.90 Å². The van der Waals surface area contributed by atoms with Crippen molar-refractivity contribution in [2.24, 2.45) is 5.41 Å². The van der Waals surface area contributed by atoms with E-state index in [4.69, 9.17) is 0 Å². The number of benzene rings is 1. The van der Waals surface area contributed by atoms with Crippen LogP contribution in [0.1, 0.15) is 73.7 Å². The number of carbonyl (C=O) groups excluding carboxylic acids is 1. The molecule has 2 aromatic rings. The minimum absolute atomic E-state index is 0.0152. The van der Waals surface area contributed by atoms with Crippen molar-refractivity contribution < 1.29 is 13.2 Å². The van der Waals surface area contributed by atoms with E-state index < -0.39 is 10.0 Å². The van der Waals surface area contributed by atoms with Crippen molar-refractivity contribution in [2.45, 2.75) is 67.4 Å². The summed E-state index contributed by atoms with van der Waals surface area (Å²) < 4.78 is 29.1. The van der Waals surface area contributed by atoms with Gasteiger partial charge in [0.1, 0.15) is 4.21 Å². The van der Waals surface area contributed by atoms with Gasteiger partial charge in [0, 0.05) is 40.6 Å². The molecule has 4 aliphatic rings. The zero-order chi connectivity index (χ0) is 22.8. The molecular weight excluding hydrogens is 520 g/mol. The number of hydrogen-bond acceptors (Lipinski definition) is 4. The number of nitrogens with zero attached hydrogens (tertiary/aromatic N) is 2. The Balaban J connectivity index is 1.29. The first kappa shape index (κ1) is 22.3. The van der Waals surface area contributed by atoms with Crippen molar-refractivity contribution in [3.8, 4) is 0 Å². The van der Waals surface area contributed by atoms with Gasteiger partial charge in [0.25, 0.3) is 15.9 Å². The lowest BCUT2D eigenvalue weighted by Gasteiger charge is -2.38. The number of rotatable bonds is 3. The molecule has 3 fully saturated rings. The zero-order valence-electron chi connectivity index (χ0n) is 18.7. The van der Waals surface area contributed by atoms with Crippen LogP contribution in [0.15, 0.2) is 38.3 Å². The highest BCUT2D eigenvalue weighted by Crippen LogP contribution is 2.62. The number of thiophene rings is 1. The van der Waals surface area contributed by atoms with Gasteiger partial charge < -0.3 is 4.90 Å². The summed E-state index contributed by atoms with van der Waals surface area (Å²) in [5.41, 5.74) is 3.34. The maximum absolute atomic E-state index is 13.7. The Hall–Kier alpha value is -1.22. The molecule has 33 heavy (non-hydrogen) atoms. The molecule has 2 spiro atoms. The van der Waals surface area contributed by atoms with Crippen LogP contribution in [0, 0.1) is 5.41 Å². The summed E-state index contributed by atoms with van der Waals surface area (Å²) in [6, 6.07) is 7.85. The van der Waals surface area contributed by atoms with E-state index in [-0.39, 0.29) is 15.5 Å². The standard InChI is InChI=1S/C25H29BrN2O3S2/c26-19-4-5-21-20(15-19)25(10-8-24(6-7-24)9-11-25)17-28(21)23(29)18-14-22(32-16-18)33(30,31)27-12-2-1-3-13-27/h4-5,14-16H,1-3,6-13,17H2. The topological polar surface area (TPSA) is 57.7 Å². The Morgan fingerprint density at radius 3 is 2.36 bits per heavy atom. The highest BCUT2D eigenvalue weighted by Gasteiger charge is 2.53. The molecule has 0 N–H and O–H groups in total. The van der Waals surface area contributed by atoms with Crippen LogP contribution in [0.4, 0.5) is 5.69 Å². The lowest BCUT2D eigenvalue weighted by molar-refractivity contribution is 0.0980. The Morgan fingerprint density at radius 1 is 0.970 bits per heavy atom. The van der Waals surface area contributed by atoms with Gasteiger partial charge in [-0.2, -0.15) is 4.31 Å². The average Bonchev–Trinajstić information content (AvgIpc) is 3.27. The molecule has 1 aromatic heterocycles. The van der Waals surface area contributed by atoms with E-state index in [0.717, 1.165) is 42.3 Å². The monoisotopic (exact) mass is 548 g/mol. The molecule has 5 nitrogen and oxygen atoms in total. The lowest BCUT2D eigenvalue weighted by Crippen LogP contribution is -2.39. The van der Waals surface area contributed by atoms with Crippen molar-refractivity contribution in [2.75, 3.05) is 24.5 Å². The quantitative estimate of drug-likeness (QED) is 0.477. The molecule has 6 rings (SSSR count). The largest absolute Gasteiger partial charge is 0.307 e. The number of amides is 1. The summed E-state index contributed by atoms with van der Waals surface area (Å²) in [7, 11) is -3.52. The van der Waals surface area contributed by atoms with Crippen LogP contribution in [0.3, 0.4) is 0 Å². The number of anilines is 1. The van der Waals surface area contributed by atoms with Gasteiger partial charge in [-0.1, -0.05) is 22.4 Å². The predicted octanol–water partition coefficient (Wildman–Crippen LogP) is 5.94. The highest BCUT2D eigenvalue weighted by molar-refractivity contribution is 9.10. The Morgan fingerprint density at radius 2 is 1.67 bits per heavy atom. The van der Waals surface area contributed by atoms with Gasteiger partial charge in [0.05, 0.1) is 5.56 Å². The SMILES string of the molecule is O=C(c1csc(S(=O)(=O)N2CCCCC2)c1)N1CC2(CCC3(CC3)CC2)c2cc(Br)ccc21. The molecule has 0 atom stereocenters. The molecule has 0 bridgehead atoms. The highest BCUT2D eigenvalue weighted by atomic mass is 79.9. The number of halogens is 1. The zero-order valence-corrected chi connectivity index (χ0v) is 21.9. The van der Waals surface area contributed by atoms with Crippen LogP contribution in [0.25, 0.3) is 0 Å². The lowest BCUT2D eigenvalue weighted by atomic mass is 9.66. The Bertz CT molecular complexity index is 1200. The normalized spacial score (nSPS) is 23.7. The van der Waals surface area contributed by atoms with Crippen LogP contribution in [-0.4, -0.2) is 38.3 Å². The van der Waals surface area contributed by atoms with Crippen LogP contribution in [-0.2, 0) is 15.4 Å². The molecule has 2 aliphatic carbocycles. The second-order valence-corrected chi connectivity index (χ2v) is 14.4. The van der Waals surface area contributed by atoms with Gasteiger partial charge in [-0.3, -0.25) is 4.79 Å². The van der Waals surface area contributed by atoms with Crippen LogP contribution in [0.2, 0.25) is 0 Å². The molecule has 176 valence electrons. The van der Waals surface area contributed by atoms with Crippen LogP contribution in [0.5, 0.6) is 0 Å². The molecular formula is C25H29BrN2O3S2. The summed E-state index contributed by atoms with van der Waals surface area (Å²) in [6.07, 6.45) is 10.3. The van der Waals surface area contributed by atoms with Gasteiger partial charge in [-0.25, -0.2) is 8.42 Å². The smallest absolute Gasteiger partial charge is 0.259 e. The fourth-order valence-electron chi connectivity index (χ4n) is 6.14. The van der Waals surface area contributed by atoms with E-state index in [2.05, 4.69) is 22.0 Å². The molecule has 0 unspecified atom stereocenters. The fraction of sp³-hybridized carbons (Fsp3) is 0.560. The van der Waals surface area contributed by atoms with Gasteiger partial charge in [-0.05, 0) is 86.6 Å². The van der Waals surface area contributed by atoms with Gasteiger partial charge in [0.15, 0.2) is 0 Å². The van der Waals surface area contributed by atoms with Gasteiger partial charge in [-0.15, -0.1) is 11.3 Å². The van der Waals surface area contributed by atoms with Crippen molar-refractivity contribution >= 4 is 48.9 Å². The van der Waals surface area contributed by atoms with Gasteiger partial charge in [0.2, 0.25) is 0 Å². The first-order valence-corrected chi connectivity index (χ1v) is 15.1. The second-order valence-electron chi connectivity index (χ2n) is 10.5. The molecule has 3 heterocycles. The van der Waals surface area contributed by atoms with E-state index in [0.29, 0.717) is 30.6 Å². The summed E-state index contributed by atoms with van der Waals surface area (Å²) in [5.74, 6) is -0.0847. The third-order valence-electron chi connectivity index (χ3n) is 8.48. The number of piperidine rings is 1. The van der Waals surface area contributed by atoms with Crippen LogP contribution >= 0.6 is 27.3 Å². The van der Waals surface area contributed by atoms with Crippen molar-refractivity contribution in [3.63, 3.8) is 0 Å². The van der Waals surface area contributed by atoms with E-state index in [1.54, 1.807) is 15.8 Å². The maximum atomic E-state index is 13.7. The summed E-state index contributed by atoms with van der Waals surface area (Å²) in [5, 5.41) is 1.72. The summed E-state index contributed by atoms with van der Waals surface area (Å²) >= 11 is 4.81. The van der Waals surface area contributed by atoms with Crippen molar-refractivity contribution in [1.29, 1.82) is 0 Å². The van der Waals surface area contributed by atoms with Crippen molar-refractivity contribution in [3.05, 3.63) is 45.2 Å². The molecule has 1 aromatic carbocycles. The van der Waals surface area contributed by atoms with E-state index in [9.17, 15) is 13.2 Å². The number of fused-ring (bicyclic) bond motifs is 2. The molecule has 0 radical (unpaired) electrons. The third-order valence-corrected chi connectivity index (χ3v) is 12.3. The number of hydrogen-bond donors (Lipinski definition) is 0.